The molecule has 1 aromatic carbocycles. The average Bonchev–Trinajstić information content (AvgIpc) is 3.26. The normalized spacial score (nSPS) is 20.4. The van der Waals surface area contributed by atoms with Crippen molar-refractivity contribution in [3.05, 3.63) is 28.6 Å². The number of oxazole rings is 1. The van der Waals surface area contributed by atoms with Crippen molar-refractivity contribution in [1.29, 1.82) is 0 Å². The number of hydrogen-bond acceptors (Lipinski definition) is 6. The molecule has 132 valence electrons. The Morgan fingerprint density at radius 3 is 2.72 bits per heavy atom. The Bertz CT molecular complexity index is 873. The number of fused-ring (bicyclic) bond motifs is 1. The highest BCUT2D eigenvalue weighted by Gasteiger charge is 2.48. The van der Waals surface area contributed by atoms with E-state index in [9.17, 15) is 14.4 Å². The first-order chi connectivity index (χ1) is 11.8. The summed E-state index contributed by atoms with van der Waals surface area (Å²) in [4.78, 5) is 39.7. The zero-order chi connectivity index (χ0) is 18.3. The van der Waals surface area contributed by atoms with E-state index in [1.54, 1.807) is 13.0 Å². The maximum absolute atomic E-state index is 12.6. The lowest BCUT2D eigenvalue weighted by atomic mass is 9.98. The van der Waals surface area contributed by atoms with Crippen molar-refractivity contribution in [3.63, 3.8) is 0 Å². The number of carbonyl (C=O) groups excluding carboxylic acids is 2. The largest absolute Gasteiger partial charge is 0.481 e. The minimum atomic E-state index is -1.22. The summed E-state index contributed by atoms with van der Waals surface area (Å²) in [5, 5.41) is 18.2. The number of aliphatic hydroxyl groups excluding tert-OH is 1. The zero-order valence-corrected chi connectivity index (χ0v) is 14.1. The number of aliphatic carboxylic acids is 1. The van der Waals surface area contributed by atoms with Gasteiger partial charge in [-0.1, -0.05) is 11.6 Å². The van der Waals surface area contributed by atoms with E-state index in [-0.39, 0.29) is 18.0 Å². The molecule has 0 spiro atoms. The summed E-state index contributed by atoms with van der Waals surface area (Å²) >= 11 is 6.13. The summed E-state index contributed by atoms with van der Waals surface area (Å²) < 4.78 is 5.40. The van der Waals surface area contributed by atoms with Crippen LogP contribution >= 0.6 is 11.6 Å². The number of carbonyl (C=O) groups is 3. The lowest BCUT2D eigenvalue weighted by Gasteiger charge is -2.07. The standard InChI is InChI=1S/C17H16ClNO6/c1-7-19-15-12(18)2-8(4-14(15)25-7)16(22)11-5-10(11)13(21)3-9(6-20)17(23)24/h2,4,9-11,20H,3,5-6H2,1H3,(H,23,24)/t9-,10-,11-/m0/s1. The van der Waals surface area contributed by atoms with Crippen molar-refractivity contribution >= 4 is 40.2 Å². The molecule has 1 aliphatic carbocycles. The van der Waals surface area contributed by atoms with Gasteiger partial charge in [0.05, 0.1) is 17.5 Å². The number of Topliss-reactive ketones (excluding diaryl/α,β-unsaturated/α-hetero) is 2. The summed E-state index contributed by atoms with van der Waals surface area (Å²) in [7, 11) is 0. The summed E-state index contributed by atoms with van der Waals surface area (Å²) in [6, 6.07) is 3.05. The van der Waals surface area contributed by atoms with Gasteiger partial charge in [-0.05, 0) is 18.6 Å². The molecule has 1 fully saturated rings. The molecule has 0 bridgehead atoms. The summed E-state index contributed by atoms with van der Waals surface area (Å²) in [5.41, 5.74) is 1.22. The van der Waals surface area contributed by atoms with Crippen LogP contribution in [0.5, 0.6) is 0 Å². The van der Waals surface area contributed by atoms with Gasteiger partial charge in [0.15, 0.2) is 17.3 Å². The van der Waals surface area contributed by atoms with Gasteiger partial charge in [-0.3, -0.25) is 14.4 Å². The molecule has 0 saturated heterocycles. The van der Waals surface area contributed by atoms with Crippen LogP contribution in [0.2, 0.25) is 5.02 Å². The van der Waals surface area contributed by atoms with Crippen LogP contribution in [-0.4, -0.2) is 39.3 Å². The predicted molar refractivity (Wildman–Crippen MR) is 87.5 cm³/mol. The average molecular weight is 366 g/mol. The molecule has 0 unspecified atom stereocenters. The van der Waals surface area contributed by atoms with E-state index in [0.717, 1.165) is 0 Å². The van der Waals surface area contributed by atoms with Crippen LogP contribution in [0.4, 0.5) is 0 Å². The fourth-order valence-electron chi connectivity index (χ4n) is 2.92. The minimum absolute atomic E-state index is 0.230. The lowest BCUT2D eigenvalue weighted by molar-refractivity contribution is -0.145. The van der Waals surface area contributed by atoms with Crippen molar-refractivity contribution in [2.45, 2.75) is 19.8 Å². The first-order valence-electron chi connectivity index (χ1n) is 7.79. The minimum Gasteiger partial charge on any atom is -0.481 e. The molecule has 25 heavy (non-hydrogen) atoms. The van der Waals surface area contributed by atoms with E-state index >= 15 is 0 Å². The van der Waals surface area contributed by atoms with E-state index < -0.39 is 30.3 Å². The molecule has 2 aromatic rings. The summed E-state index contributed by atoms with van der Waals surface area (Å²) in [6.45, 7) is 1.07. The van der Waals surface area contributed by atoms with Gasteiger partial charge in [-0.25, -0.2) is 4.98 Å². The van der Waals surface area contributed by atoms with Gasteiger partial charge in [0.25, 0.3) is 0 Å². The molecule has 8 heteroatoms. The highest BCUT2D eigenvalue weighted by Crippen LogP contribution is 2.43. The van der Waals surface area contributed by atoms with Gasteiger partial charge >= 0.3 is 5.97 Å². The van der Waals surface area contributed by atoms with Crippen molar-refractivity contribution < 1.29 is 29.0 Å². The summed E-state index contributed by atoms with van der Waals surface area (Å²) in [6.07, 6.45) is 0.0991. The third kappa shape index (κ3) is 3.43. The number of halogens is 1. The van der Waals surface area contributed by atoms with Crippen LogP contribution < -0.4 is 0 Å². The molecule has 3 atom stereocenters. The van der Waals surface area contributed by atoms with E-state index in [1.165, 1.54) is 6.07 Å². The molecular formula is C17H16ClNO6. The second-order valence-corrected chi connectivity index (χ2v) is 6.65. The number of hydrogen-bond donors (Lipinski definition) is 2. The molecule has 0 radical (unpaired) electrons. The molecule has 0 aliphatic heterocycles. The Hall–Kier alpha value is -2.25. The second kappa shape index (κ2) is 6.57. The molecule has 2 N–H and O–H groups in total. The maximum atomic E-state index is 12.6. The lowest BCUT2D eigenvalue weighted by Crippen LogP contribution is -2.23. The van der Waals surface area contributed by atoms with Gasteiger partial charge in [0, 0.05) is 30.7 Å². The van der Waals surface area contributed by atoms with Crippen molar-refractivity contribution in [2.24, 2.45) is 17.8 Å². The number of carboxylic acids is 1. The number of benzene rings is 1. The second-order valence-electron chi connectivity index (χ2n) is 6.24. The number of aliphatic hydroxyl groups is 1. The Kier molecular flexibility index (Phi) is 4.62. The van der Waals surface area contributed by atoms with Crippen molar-refractivity contribution in [3.8, 4) is 0 Å². The third-order valence-corrected chi connectivity index (χ3v) is 4.69. The molecule has 3 rings (SSSR count). The fourth-order valence-corrected chi connectivity index (χ4v) is 3.17. The quantitative estimate of drug-likeness (QED) is 0.722. The number of nitrogens with zero attached hydrogens (tertiary/aromatic N) is 1. The Balaban J connectivity index is 1.73. The maximum Gasteiger partial charge on any atom is 0.309 e. The van der Waals surface area contributed by atoms with Crippen LogP contribution in [0.1, 0.15) is 29.1 Å². The Morgan fingerprint density at radius 2 is 2.08 bits per heavy atom. The first kappa shape index (κ1) is 17.6. The monoisotopic (exact) mass is 365 g/mol. The van der Waals surface area contributed by atoms with Gasteiger partial charge in [0.2, 0.25) is 0 Å². The van der Waals surface area contributed by atoms with Gasteiger partial charge in [-0.2, -0.15) is 0 Å². The van der Waals surface area contributed by atoms with E-state index in [2.05, 4.69) is 4.98 Å². The molecule has 1 aromatic heterocycles. The number of carboxylic acid groups (broad SMARTS) is 1. The molecule has 1 heterocycles. The number of rotatable bonds is 7. The van der Waals surface area contributed by atoms with E-state index in [4.69, 9.17) is 26.2 Å². The van der Waals surface area contributed by atoms with Crippen LogP contribution in [0.15, 0.2) is 16.5 Å². The first-order valence-corrected chi connectivity index (χ1v) is 8.17. The molecule has 0 amide bonds. The SMILES string of the molecule is Cc1nc2c(Cl)cc(C(=O)[C@H]3C[C@@H]3C(=O)C[C@@H](CO)C(=O)O)cc2o1. The van der Waals surface area contributed by atoms with Crippen LogP contribution in [-0.2, 0) is 9.59 Å². The van der Waals surface area contributed by atoms with E-state index in [1.807, 2.05) is 0 Å². The molecule has 1 saturated carbocycles. The van der Waals surface area contributed by atoms with E-state index in [0.29, 0.717) is 34.0 Å². The number of ketones is 2. The third-order valence-electron chi connectivity index (χ3n) is 4.40. The molecule has 1 aliphatic rings. The molecular weight excluding hydrogens is 350 g/mol. The Morgan fingerprint density at radius 1 is 1.36 bits per heavy atom. The van der Waals surface area contributed by atoms with Gasteiger partial charge < -0.3 is 14.6 Å². The van der Waals surface area contributed by atoms with Crippen molar-refractivity contribution in [1.82, 2.24) is 4.98 Å². The van der Waals surface area contributed by atoms with Crippen LogP contribution in [0.25, 0.3) is 11.1 Å². The summed E-state index contributed by atoms with van der Waals surface area (Å²) in [5.74, 6) is -3.46. The molecule has 7 nitrogen and oxygen atoms in total. The zero-order valence-electron chi connectivity index (χ0n) is 13.4. The number of aromatic nitrogens is 1. The highest BCUT2D eigenvalue weighted by molar-refractivity contribution is 6.35. The number of aryl methyl sites for hydroxylation is 1. The topological polar surface area (TPSA) is 118 Å². The Labute approximate surface area is 147 Å². The smallest absolute Gasteiger partial charge is 0.309 e. The van der Waals surface area contributed by atoms with Gasteiger partial charge in [0.1, 0.15) is 11.3 Å². The van der Waals surface area contributed by atoms with Gasteiger partial charge in [-0.15, -0.1) is 0 Å². The predicted octanol–water partition coefficient (Wildman–Crippen LogP) is 2.26. The van der Waals surface area contributed by atoms with Crippen LogP contribution in [0, 0.1) is 24.7 Å². The van der Waals surface area contributed by atoms with Crippen molar-refractivity contribution in [2.75, 3.05) is 6.61 Å². The fraction of sp³-hybridized carbons (Fsp3) is 0.412. The highest BCUT2D eigenvalue weighted by atomic mass is 35.5. The van der Waals surface area contributed by atoms with Crippen LogP contribution in [0.3, 0.4) is 0 Å².